The molecule has 1 N–H and O–H groups in total. The summed E-state index contributed by atoms with van der Waals surface area (Å²) in [6, 6.07) is 6.95. The van der Waals surface area contributed by atoms with Gasteiger partial charge in [-0.05, 0) is 31.5 Å². The molecule has 0 aliphatic carbocycles. The molecule has 158 valence electrons. The molecule has 1 amide bonds. The lowest BCUT2D eigenvalue weighted by molar-refractivity contribution is 0.0272. The van der Waals surface area contributed by atoms with Crippen LogP contribution in [0.4, 0.5) is 5.69 Å². The smallest absolute Gasteiger partial charge is 0.316 e. The summed E-state index contributed by atoms with van der Waals surface area (Å²) < 4.78 is 38.6. The molecule has 3 heterocycles. The number of carbonyl (C=O) groups is 1. The zero-order valence-electron chi connectivity index (χ0n) is 16.4. The molecule has 30 heavy (non-hydrogen) atoms. The van der Waals surface area contributed by atoms with E-state index >= 15 is 0 Å². The highest BCUT2D eigenvalue weighted by atomic mass is 32.2. The highest BCUT2D eigenvalue weighted by molar-refractivity contribution is 7.94. The molecule has 0 radical (unpaired) electrons. The van der Waals surface area contributed by atoms with E-state index in [4.69, 9.17) is 9.26 Å². The van der Waals surface area contributed by atoms with Gasteiger partial charge in [-0.25, -0.2) is 8.42 Å². The Morgan fingerprint density at radius 3 is 2.70 bits per heavy atom. The van der Waals surface area contributed by atoms with Crippen LogP contribution in [0.3, 0.4) is 0 Å². The first-order chi connectivity index (χ1) is 14.3. The van der Waals surface area contributed by atoms with Gasteiger partial charge >= 0.3 is 11.8 Å². The maximum absolute atomic E-state index is 12.8. The third kappa shape index (κ3) is 4.23. The zero-order valence-corrected chi connectivity index (χ0v) is 18.0. The normalized spacial score (nSPS) is 14.7. The molecule has 1 fully saturated rings. The fourth-order valence-electron chi connectivity index (χ4n) is 3.03. The van der Waals surface area contributed by atoms with E-state index in [9.17, 15) is 13.2 Å². The number of hydrogen-bond donors (Lipinski definition) is 1. The molecular formula is C19H20N4O5S2. The Morgan fingerprint density at radius 2 is 1.97 bits per heavy atom. The summed E-state index contributed by atoms with van der Waals surface area (Å²) in [5.74, 6) is -0.330. The number of carbonyl (C=O) groups excluding carboxylic acids is 1. The van der Waals surface area contributed by atoms with E-state index in [1.165, 1.54) is 6.07 Å². The van der Waals surface area contributed by atoms with Crippen LogP contribution in [0.25, 0.3) is 11.4 Å². The van der Waals surface area contributed by atoms with Crippen LogP contribution in [0.15, 0.2) is 38.4 Å². The monoisotopic (exact) mass is 448 g/mol. The summed E-state index contributed by atoms with van der Waals surface area (Å²) in [5, 5.41) is 5.45. The van der Waals surface area contributed by atoms with Crippen LogP contribution in [-0.2, 0) is 14.8 Å². The highest BCUT2D eigenvalue weighted by Crippen LogP contribution is 2.29. The van der Waals surface area contributed by atoms with Gasteiger partial charge < -0.3 is 14.2 Å². The molecule has 0 saturated carbocycles. The second kappa shape index (κ2) is 8.17. The first-order valence-electron chi connectivity index (χ1n) is 9.23. The number of aryl methyl sites for hydroxylation is 2. The molecule has 0 bridgehead atoms. The Balaban J connectivity index is 1.52. The van der Waals surface area contributed by atoms with Crippen molar-refractivity contribution in [3.05, 3.63) is 46.7 Å². The Hall–Kier alpha value is -2.76. The van der Waals surface area contributed by atoms with Crippen molar-refractivity contribution in [2.24, 2.45) is 0 Å². The number of amides is 1. The van der Waals surface area contributed by atoms with Crippen molar-refractivity contribution in [1.82, 2.24) is 15.0 Å². The van der Waals surface area contributed by atoms with Gasteiger partial charge in [0, 0.05) is 24.0 Å². The number of sulfonamides is 1. The number of morpholine rings is 1. The van der Waals surface area contributed by atoms with Gasteiger partial charge in [-0.2, -0.15) is 4.98 Å². The number of ether oxygens (including phenoxy) is 1. The minimum Gasteiger partial charge on any atom is -0.378 e. The number of anilines is 1. The van der Waals surface area contributed by atoms with Crippen molar-refractivity contribution < 1.29 is 22.5 Å². The molecule has 9 nitrogen and oxygen atoms in total. The largest absolute Gasteiger partial charge is 0.378 e. The standard InChI is InChI=1S/C19H20N4O5S2/c1-12-3-4-15(13(2)9-12)22-30(25,26)16-10-14(11-29-16)17-20-18(28-21-17)19(24)23-5-7-27-8-6-23/h3-4,9-11,22H,5-8H2,1-2H3. The van der Waals surface area contributed by atoms with Gasteiger partial charge in [-0.1, -0.05) is 22.9 Å². The maximum atomic E-state index is 12.8. The van der Waals surface area contributed by atoms with Crippen molar-refractivity contribution in [3.63, 3.8) is 0 Å². The summed E-state index contributed by atoms with van der Waals surface area (Å²) in [6.45, 7) is 5.64. The van der Waals surface area contributed by atoms with Crippen molar-refractivity contribution in [3.8, 4) is 11.4 Å². The fourth-order valence-corrected chi connectivity index (χ4v) is 5.32. The SMILES string of the molecule is Cc1ccc(NS(=O)(=O)c2cc(-c3noc(C(=O)N4CCOCC4)n3)cs2)c(C)c1. The van der Waals surface area contributed by atoms with Crippen LogP contribution in [0.2, 0.25) is 0 Å². The van der Waals surface area contributed by atoms with E-state index in [0.717, 1.165) is 22.5 Å². The van der Waals surface area contributed by atoms with E-state index in [-0.39, 0.29) is 21.8 Å². The molecule has 4 rings (SSSR count). The number of rotatable bonds is 5. The second-order valence-corrected chi connectivity index (χ2v) is 9.73. The fraction of sp³-hybridized carbons (Fsp3) is 0.316. The van der Waals surface area contributed by atoms with Gasteiger partial charge in [0.2, 0.25) is 5.82 Å². The summed E-state index contributed by atoms with van der Waals surface area (Å²) >= 11 is 1.04. The topological polar surface area (TPSA) is 115 Å². The molecule has 0 atom stereocenters. The minimum atomic E-state index is -3.77. The molecule has 1 aromatic carbocycles. The Morgan fingerprint density at radius 1 is 1.20 bits per heavy atom. The van der Waals surface area contributed by atoms with Crippen molar-refractivity contribution in [2.75, 3.05) is 31.0 Å². The lowest BCUT2D eigenvalue weighted by atomic mass is 10.1. The Bertz CT molecular complexity index is 1180. The van der Waals surface area contributed by atoms with Gasteiger partial charge in [0.1, 0.15) is 4.21 Å². The lowest BCUT2D eigenvalue weighted by Crippen LogP contribution is -2.40. The number of aromatic nitrogens is 2. The average Bonchev–Trinajstić information content (AvgIpc) is 3.40. The Kier molecular flexibility index (Phi) is 5.58. The number of hydrogen-bond acceptors (Lipinski definition) is 8. The van der Waals surface area contributed by atoms with Gasteiger partial charge in [-0.3, -0.25) is 9.52 Å². The predicted octanol–water partition coefficient (Wildman–Crippen LogP) is 2.69. The average molecular weight is 449 g/mol. The summed E-state index contributed by atoms with van der Waals surface area (Å²) in [5.41, 5.74) is 2.87. The third-order valence-corrected chi connectivity index (χ3v) is 7.44. The quantitative estimate of drug-likeness (QED) is 0.638. The van der Waals surface area contributed by atoms with Crippen molar-refractivity contribution in [2.45, 2.75) is 18.1 Å². The van der Waals surface area contributed by atoms with E-state index in [0.29, 0.717) is 37.6 Å². The minimum absolute atomic E-state index is 0.114. The zero-order chi connectivity index (χ0) is 21.3. The number of thiophene rings is 1. The summed E-state index contributed by atoms with van der Waals surface area (Å²) in [6.07, 6.45) is 0. The molecular weight excluding hydrogens is 428 g/mol. The molecule has 2 aromatic heterocycles. The summed E-state index contributed by atoms with van der Waals surface area (Å²) in [7, 11) is -3.77. The van der Waals surface area contributed by atoms with E-state index in [2.05, 4.69) is 14.9 Å². The number of nitrogens with zero attached hydrogens (tertiary/aromatic N) is 3. The van der Waals surface area contributed by atoms with Gasteiger partial charge in [0.15, 0.2) is 0 Å². The lowest BCUT2D eigenvalue weighted by Gasteiger charge is -2.25. The van der Waals surface area contributed by atoms with Crippen LogP contribution in [0.5, 0.6) is 0 Å². The van der Waals surface area contributed by atoms with Crippen LogP contribution in [-0.4, -0.2) is 55.7 Å². The third-order valence-electron chi connectivity index (χ3n) is 4.63. The van der Waals surface area contributed by atoms with E-state index in [1.807, 2.05) is 26.0 Å². The molecule has 1 aliphatic heterocycles. The van der Waals surface area contributed by atoms with Crippen LogP contribution < -0.4 is 4.72 Å². The van der Waals surface area contributed by atoms with Gasteiger partial charge in [0.05, 0.1) is 18.9 Å². The predicted molar refractivity (Wildman–Crippen MR) is 111 cm³/mol. The van der Waals surface area contributed by atoms with Crippen molar-refractivity contribution in [1.29, 1.82) is 0 Å². The van der Waals surface area contributed by atoms with E-state index in [1.54, 1.807) is 16.3 Å². The van der Waals surface area contributed by atoms with E-state index < -0.39 is 10.0 Å². The molecule has 1 aliphatic rings. The highest BCUT2D eigenvalue weighted by Gasteiger charge is 2.25. The summed E-state index contributed by atoms with van der Waals surface area (Å²) in [4.78, 5) is 18.2. The maximum Gasteiger partial charge on any atom is 0.316 e. The Labute approximate surface area is 177 Å². The molecule has 1 saturated heterocycles. The second-order valence-electron chi connectivity index (χ2n) is 6.91. The molecule has 3 aromatic rings. The van der Waals surface area contributed by atoms with Crippen LogP contribution >= 0.6 is 11.3 Å². The first kappa shape index (κ1) is 20.5. The van der Waals surface area contributed by atoms with Crippen LogP contribution in [0.1, 0.15) is 21.8 Å². The molecule has 11 heteroatoms. The molecule has 0 spiro atoms. The number of nitrogens with one attached hydrogen (secondary N) is 1. The van der Waals surface area contributed by atoms with Gasteiger partial charge in [-0.15, -0.1) is 11.3 Å². The van der Waals surface area contributed by atoms with Crippen LogP contribution in [0, 0.1) is 13.8 Å². The van der Waals surface area contributed by atoms with Crippen molar-refractivity contribution >= 4 is 33.0 Å². The van der Waals surface area contributed by atoms with Gasteiger partial charge in [0.25, 0.3) is 10.0 Å². The first-order valence-corrected chi connectivity index (χ1v) is 11.6. The number of benzene rings is 1. The molecule has 0 unspecified atom stereocenters.